The van der Waals surface area contributed by atoms with Crippen LogP contribution in [0.15, 0.2) is 23.3 Å². The lowest BCUT2D eigenvalue weighted by atomic mass is 10.2. The number of piperazine rings is 1. The van der Waals surface area contributed by atoms with Crippen LogP contribution >= 0.6 is 0 Å². The molecule has 2 N–H and O–H groups in total. The Kier molecular flexibility index (Phi) is 8.98. The van der Waals surface area contributed by atoms with Gasteiger partial charge in [0.25, 0.3) is 0 Å². The van der Waals surface area contributed by atoms with E-state index in [2.05, 4.69) is 49.5 Å². The number of hydrogen-bond donors (Lipinski definition) is 2. The lowest BCUT2D eigenvalue weighted by Crippen LogP contribution is -2.46. The van der Waals surface area contributed by atoms with Crippen molar-refractivity contribution in [1.82, 2.24) is 20.5 Å². The number of anilines is 1. The molecule has 3 heterocycles. The lowest BCUT2D eigenvalue weighted by Gasteiger charge is -2.34. The van der Waals surface area contributed by atoms with Crippen molar-refractivity contribution < 1.29 is 9.47 Å². The Labute approximate surface area is 174 Å². The summed E-state index contributed by atoms with van der Waals surface area (Å²) in [5.41, 5.74) is 1.15. The van der Waals surface area contributed by atoms with E-state index in [1.165, 1.54) is 0 Å². The normalized spacial score (nSPS) is 20.8. The van der Waals surface area contributed by atoms with Gasteiger partial charge in [0.2, 0.25) is 0 Å². The predicted octanol–water partition coefficient (Wildman–Crippen LogP) is 1.08. The summed E-state index contributed by atoms with van der Waals surface area (Å²) in [5, 5.41) is 6.68. The standard InChI is InChI=1S/C21H36N6O2/c1-3-26-9-11-27(12-10-26)20-6-5-18(15-24-20)16-25-21(22-2)23-8-4-13-29-19-7-14-28-17-19/h5-6,15,19H,3-4,7-14,16-17H2,1-2H3,(H2,22,23,25). The van der Waals surface area contributed by atoms with Crippen LogP contribution in [0.3, 0.4) is 0 Å². The van der Waals surface area contributed by atoms with Crippen molar-refractivity contribution in [2.24, 2.45) is 4.99 Å². The average Bonchev–Trinajstić information content (AvgIpc) is 3.30. The van der Waals surface area contributed by atoms with Gasteiger partial charge in [-0.05, 0) is 31.0 Å². The summed E-state index contributed by atoms with van der Waals surface area (Å²) in [4.78, 5) is 13.8. The highest BCUT2D eigenvalue weighted by atomic mass is 16.5. The van der Waals surface area contributed by atoms with Gasteiger partial charge in [-0.1, -0.05) is 13.0 Å². The van der Waals surface area contributed by atoms with Gasteiger partial charge >= 0.3 is 0 Å². The molecule has 1 aromatic rings. The molecule has 0 saturated carbocycles. The van der Waals surface area contributed by atoms with Gasteiger partial charge < -0.3 is 29.9 Å². The molecule has 2 fully saturated rings. The van der Waals surface area contributed by atoms with E-state index >= 15 is 0 Å². The third-order valence-corrected chi connectivity index (χ3v) is 5.49. The van der Waals surface area contributed by atoms with E-state index in [0.29, 0.717) is 6.54 Å². The van der Waals surface area contributed by atoms with E-state index in [-0.39, 0.29) is 6.10 Å². The zero-order chi connectivity index (χ0) is 20.3. The van der Waals surface area contributed by atoms with E-state index in [9.17, 15) is 0 Å². The highest BCUT2D eigenvalue weighted by Crippen LogP contribution is 2.14. The number of rotatable bonds is 9. The molecule has 0 aliphatic carbocycles. The zero-order valence-electron chi connectivity index (χ0n) is 17.9. The molecule has 3 rings (SSSR count). The molecular weight excluding hydrogens is 368 g/mol. The van der Waals surface area contributed by atoms with Gasteiger partial charge in [-0.3, -0.25) is 4.99 Å². The fourth-order valence-corrected chi connectivity index (χ4v) is 3.58. The van der Waals surface area contributed by atoms with Crippen LogP contribution in [0.2, 0.25) is 0 Å². The predicted molar refractivity (Wildman–Crippen MR) is 117 cm³/mol. The average molecular weight is 405 g/mol. The summed E-state index contributed by atoms with van der Waals surface area (Å²) < 4.78 is 11.1. The highest BCUT2D eigenvalue weighted by molar-refractivity contribution is 5.79. The summed E-state index contributed by atoms with van der Waals surface area (Å²) >= 11 is 0. The maximum atomic E-state index is 5.78. The molecule has 1 atom stereocenters. The van der Waals surface area contributed by atoms with Crippen molar-refractivity contribution in [3.8, 4) is 0 Å². The van der Waals surface area contributed by atoms with Crippen LogP contribution in [-0.2, 0) is 16.0 Å². The van der Waals surface area contributed by atoms with Gasteiger partial charge in [0.1, 0.15) is 5.82 Å². The van der Waals surface area contributed by atoms with Crippen molar-refractivity contribution in [2.75, 3.05) is 71.0 Å². The number of aliphatic imine (C=N–C) groups is 1. The largest absolute Gasteiger partial charge is 0.379 e. The lowest BCUT2D eigenvalue weighted by molar-refractivity contribution is 0.0420. The third-order valence-electron chi connectivity index (χ3n) is 5.49. The smallest absolute Gasteiger partial charge is 0.191 e. The Morgan fingerprint density at radius 1 is 1.28 bits per heavy atom. The van der Waals surface area contributed by atoms with Gasteiger partial charge in [0.15, 0.2) is 5.96 Å². The van der Waals surface area contributed by atoms with E-state index in [4.69, 9.17) is 9.47 Å². The molecule has 1 aromatic heterocycles. The number of nitrogens with one attached hydrogen (secondary N) is 2. The van der Waals surface area contributed by atoms with Crippen LogP contribution in [0, 0.1) is 0 Å². The Hall–Kier alpha value is -1.90. The quantitative estimate of drug-likeness (QED) is 0.362. The Balaban J connectivity index is 1.32. The first-order valence-electron chi connectivity index (χ1n) is 10.8. The fourth-order valence-electron chi connectivity index (χ4n) is 3.58. The Morgan fingerprint density at radius 3 is 2.79 bits per heavy atom. The molecule has 29 heavy (non-hydrogen) atoms. The van der Waals surface area contributed by atoms with E-state index in [0.717, 1.165) is 89.3 Å². The van der Waals surface area contributed by atoms with Crippen LogP contribution in [0.25, 0.3) is 0 Å². The molecule has 162 valence electrons. The molecule has 8 nitrogen and oxygen atoms in total. The Bertz CT molecular complexity index is 610. The number of nitrogens with zero attached hydrogens (tertiary/aromatic N) is 4. The number of guanidine groups is 1. The van der Waals surface area contributed by atoms with Crippen LogP contribution in [0.5, 0.6) is 0 Å². The monoisotopic (exact) mass is 404 g/mol. The molecular formula is C21H36N6O2. The van der Waals surface area contributed by atoms with Crippen molar-refractivity contribution in [2.45, 2.75) is 32.4 Å². The third kappa shape index (κ3) is 7.13. The second-order valence-electron chi connectivity index (χ2n) is 7.51. The number of pyridine rings is 1. The topological polar surface area (TPSA) is 74.2 Å². The first-order valence-corrected chi connectivity index (χ1v) is 10.8. The van der Waals surface area contributed by atoms with Crippen molar-refractivity contribution in [3.05, 3.63) is 23.9 Å². The first kappa shape index (κ1) is 21.8. The minimum absolute atomic E-state index is 0.276. The molecule has 0 spiro atoms. The number of aromatic nitrogens is 1. The van der Waals surface area contributed by atoms with Crippen molar-refractivity contribution in [3.63, 3.8) is 0 Å². The van der Waals surface area contributed by atoms with Crippen LogP contribution in [0.1, 0.15) is 25.3 Å². The number of ether oxygens (including phenoxy) is 2. The fraction of sp³-hybridized carbons (Fsp3) is 0.714. The van der Waals surface area contributed by atoms with Gasteiger partial charge in [-0.2, -0.15) is 0 Å². The second kappa shape index (κ2) is 11.9. The summed E-state index contributed by atoms with van der Waals surface area (Å²) in [5.74, 6) is 1.87. The molecule has 2 aliphatic heterocycles. The first-order chi connectivity index (χ1) is 14.3. The molecule has 8 heteroatoms. The van der Waals surface area contributed by atoms with Crippen molar-refractivity contribution in [1.29, 1.82) is 0 Å². The number of likely N-dealkylation sites (N-methyl/N-ethyl adjacent to an activating group) is 1. The minimum atomic E-state index is 0.276. The summed E-state index contributed by atoms with van der Waals surface area (Å²) in [7, 11) is 1.79. The van der Waals surface area contributed by atoms with Gasteiger partial charge in [0.05, 0.1) is 12.7 Å². The van der Waals surface area contributed by atoms with Gasteiger partial charge in [-0.25, -0.2) is 4.98 Å². The number of hydrogen-bond acceptors (Lipinski definition) is 6. The molecule has 2 aliphatic rings. The molecule has 0 radical (unpaired) electrons. The van der Waals surface area contributed by atoms with Gasteiger partial charge in [0, 0.05) is 65.7 Å². The molecule has 0 amide bonds. The van der Waals surface area contributed by atoms with Crippen LogP contribution in [-0.4, -0.2) is 88.1 Å². The van der Waals surface area contributed by atoms with Gasteiger partial charge in [-0.15, -0.1) is 0 Å². The summed E-state index contributed by atoms with van der Waals surface area (Å²) in [6.45, 7) is 11.5. The molecule has 2 saturated heterocycles. The molecule has 1 unspecified atom stereocenters. The highest BCUT2D eigenvalue weighted by Gasteiger charge is 2.17. The molecule has 0 bridgehead atoms. The van der Waals surface area contributed by atoms with E-state index in [1.807, 2.05) is 6.20 Å². The minimum Gasteiger partial charge on any atom is -0.379 e. The second-order valence-corrected chi connectivity index (χ2v) is 7.51. The maximum absolute atomic E-state index is 5.78. The van der Waals surface area contributed by atoms with Crippen molar-refractivity contribution >= 4 is 11.8 Å². The SMILES string of the molecule is CCN1CCN(c2ccc(CNC(=NC)NCCCOC3CCOC3)cn2)CC1. The Morgan fingerprint density at radius 2 is 2.14 bits per heavy atom. The van der Waals surface area contributed by atoms with E-state index in [1.54, 1.807) is 7.05 Å². The van der Waals surface area contributed by atoms with Crippen LogP contribution < -0.4 is 15.5 Å². The maximum Gasteiger partial charge on any atom is 0.191 e. The summed E-state index contributed by atoms with van der Waals surface area (Å²) in [6, 6.07) is 4.27. The zero-order valence-corrected chi connectivity index (χ0v) is 17.9. The van der Waals surface area contributed by atoms with Crippen LogP contribution in [0.4, 0.5) is 5.82 Å². The summed E-state index contributed by atoms with van der Waals surface area (Å²) in [6.07, 6.45) is 4.19. The van der Waals surface area contributed by atoms with E-state index < -0.39 is 0 Å². The molecule has 0 aromatic carbocycles.